The largest absolute Gasteiger partial charge is 0.493 e. The third-order valence-electron chi connectivity index (χ3n) is 3.34. The number of hydrogen-bond donors (Lipinski definition) is 0. The molecule has 0 saturated carbocycles. The van der Waals surface area contributed by atoms with Crippen molar-refractivity contribution in [2.75, 3.05) is 6.61 Å². The molecule has 0 aliphatic heterocycles. The van der Waals surface area contributed by atoms with Gasteiger partial charge in [-0.25, -0.2) is 8.42 Å². The van der Waals surface area contributed by atoms with E-state index in [1.54, 1.807) is 13.0 Å². The zero-order valence-electron chi connectivity index (χ0n) is 13.0. The van der Waals surface area contributed by atoms with E-state index < -0.39 is 9.05 Å². The van der Waals surface area contributed by atoms with Crippen LogP contribution in [-0.4, -0.2) is 15.0 Å². The normalized spacial score (nSPS) is 12.6. The fourth-order valence-corrected chi connectivity index (χ4v) is 3.27. The summed E-state index contributed by atoms with van der Waals surface area (Å²) in [5.41, 5.74) is 2.48. The first-order chi connectivity index (χ1) is 8.93. The topological polar surface area (TPSA) is 43.4 Å². The number of benzene rings is 1. The summed E-state index contributed by atoms with van der Waals surface area (Å²) >= 11 is 0. The van der Waals surface area contributed by atoms with E-state index in [4.69, 9.17) is 15.4 Å². The van der Waals surface area contributed by atoms with Gasteiger partial charge < -0.3 is 4.74 Å². The molecule has 0 fully saturated rings. The van der Waals surface area contributed by atoms with E-state index in [1.165, 1.54) is 0 Å². The van der Waals surface area contributed by atoms with Gasteiger partial charge in [-0.1, -0.05) is 20.8 Å². The Hall–Kier alpha value is -0.740. The Morgan fingerprint density at radius 3 is 2.15 bits per heavy atom. The highest BCUT2D eigenvalue weighted by Crippen LogP contribution is 2.33. The Balaban J connectivity index is 3.09. The minimum Gasteiger partial charge on any atom is -0.493 e. The van der Waals surface area contributed by atoms with Gasteiger partial charge in [0, 0.05) is 10.7 Å². The van der Waals surface area contributed by atoms with Crippen molar-refractivity contribution in [3.63, 3.8) is 0 Å². The average molecular weight is 319 g/mol. The molecule has 0 atom stereocenters. The van der Waals surface area contributed by atoms with E-state index in [-0.39, 0.29) is 10.3 Å². The molecular formula is C15H23ClO3S. The predicted molar refractivity (Wildman–Crippen MR) is 83.3 cm³/mol. The zero-order valence-corrected chi connectivity index (χ0v) is 14.6. The molecule has 0 aromatic heterocycles. The van der Waals surface area contributed by atoms with Crippen LogP contribution in [0.3, 0.4) is 0 Å². The Bertz CT molecular complexity index is 599. The van der Waals surface area contributed by atoms with Gasteiger partial charge in [-0.05, 0) is 55.4 Å². The monoisotopic (exact) mass is 318 g/mol. The third-order valence-corrected chi connectivity index (χ3v) is 4.79. The third kappa shape index (κ3) is 4.38. The standard InChI is InChI=1S/C15H23ClO3S/c1-10-9-13(20(16,17)18)11(2)12(3)14(10)19-8-7-15(4,5)6/h9H,7-8H2,1-6H3. The van der Waals surface area contributed by atoms with Crippen LogP contribution in [0.5, 0.6) is 5.75 Å². The van der Waals surface area contributed by atoms with Crippen LogP contribution < -0.4 is 4.74 Å². The maximum absolute atomic E-state index is 11.5. The van der Waals surface area contributed by atoms with Gasteiger partial charge in [0.15, 0.2) is 0 Å². The fourth-order valence-electron chi connectivity index (χ4n) is 1.96. The van der Waals surface area contributed by atoms with Crippen molar-refractivity contribution in [3.8, 4) is 5.75 Å². The molecule has 0 N–H and O–H groups in total. The second-order valence-corrected chi connectivity index (χ2v) is 8.90. The summed E-state index contributed by atoms with van der Waals surface area (Å²) in [5, 5.41) is 0. The van der Waals surface area contributed by atoms with Crippen LogP contribution in [0.15, 0.2) is 11.0 Å². The van der Waals surface area contributed by atoms with Crippen LogP contribution in [0.25, 0.3) is 0 Å². The van der Waals surface area contributed by atoms with Gasteiger partial charge in [0.05, 0.1) is 11.5 Å². The fraction of sp³-hybridized carbons (Fsp3) is 0.600. The van der Waals surface area contributed by atoms with E-state index in [9.17, 15) is 8.42 Å². The first-order valence-electron chi connectivity index (χ1n) is 6.62. The minimum atomic E-state index is -3.72. The Kier molecular flexibility index (Phi) is 5.14. The van der Waals surface area contributed by atoms with Gasteiger partial charge in [0.2, 0.25) is 0 Å². The summed E-state index contributed by atoms with van der Waals surface area (Å²) in [6.45, 7) is 12.5. The molecule has 1 aromatic carbocycles. The van der Waals surface area contributed by atoms with Crippen LogP contribution in [0.4, 0.5) is 0 Å². The van der Waals surface area contributed by atoms with Crippen LogP contribution >= 0.6 is 10.7 Å². The van der Waals surface area contributed by atoms with Gasteiger partial charge in [0.25, 0.3) is 9.05 Å². The second-order valence-electron chi connectivity index (χ2n) is 6.37. The molecule has 3 nitrogen and oxygen atoms in total. The van der Waals surface area contributed by atoms with Gasteiger partial charge in [-0.15, -0.1) is 0 Å². The molecule has 5 heteroatoms. The highest BCUT2D eigenvalue weighted by Gasteiger charge is 2.20. The molecule has 0 aliphatic carbocycles. The first-order valence-corrected chi connectivity index (χ1v) is 8.92. The molecule has 0 bridgehead atoms. The smallest absolute Gasteiger partial charge is 0.261 e. The lowest BCUT2D eigenvalue weighted by atomic mass is 9.93. The van der Waals surface area contributed by atoms with E-state index in [0.29, 0.717) is 12.2 Å². The molecule has 0 aliphatic rings. The van der Waals surface area contributed by atoms with E-state index in [1.807, 2.05) is 13.8 Å². The Morgan fingerprint density at radius 2 is 1.70 bits per heavy atom. The Morgan fingerprint density at radius 1 is 1.15 bits per heavy atom. The predicted octanol–water partition coefficient (Wildman–Crippen LogP) is 4.35. The van der Waals surface area contributed by atoms with Crippen molar-refractivity contribution in [1.29, 1.82) is 0 Å². The van der Waals surface area contributed by atoms with Crippen LogP contribution in [0.1, 0.15) is 43.9 Å². The number of halogens is 1. The molecule has 1 aromatic rings. The quantitative estimate of drug-likeness (QED) is 0.775. The molecule has 0 radical (unpaired) electrons. The van der Waals surface area contributed by atoms with E-state index in [2.05, 4.69) is 20.8 Å². The maximum atomic E-state index is 11.5. The van der Waals surface area contributed by atoms with Crippen molar-refractivity contribution in [3.05, 3.63) is 22.8 Å². The van der Waals surface area contributed by atoms with Crippen LogP contribution in [0.2, 0.25) is 0 Å². The van der Waals surface area contributed by atoms with Crippen molar-refractivity contribution >= 4 is 19.7 Å². The average Bonchev–Trinajstić information content (AvgIpc) is 2.25. The summed E-state index contributed by atoms with van der Waals surface area (Å²) in [4.78, 5) is 0.164. The number of rotatable bonds is 4. The van der Waals surface area contributed by atoms with Crippen molar-refractivity contribution in [2.24, 2.45) is 5.41 Å². The van der Waals surface area contributed by atoms with Crippen molar-refractivity contribution < 1.29 is 13.2 Å². The molecule has 114 valence electrons. The zero-order chi connectivity index (χ0) is 15.7. The highest BCUT2D eigenvalue weighted by atomic mass is 35.7. The number of hydrogen-bond acceptors (Lipinski definition) is 3. The van der Waals surface area contributed by atoms with Crippen molar-refractivity contribution in [1.82, 2.24) is 0 Å². The molecule has 1 rings (SSSR count). The lowest BCUT2D eigenvalue weighted by Crippen LogP contribution is -2.12. The maximum Gasteiger partial charge on any atom is 0.261 e. The lowest BCUT2D eigenvalue weighted by molar-refractivity contribution is 0.240. The molecule has 0 saturated heterocycles. The molecular weight excluding hydrogens is 296 g/mol. The molecule has 0 amide bonds. The SMILES string of the molecule is Cc1cc(S(=O)(=O)Cl)c(C)c(C)c1OCCC(C)(C)C. The summed E-state index contributed by atoms with van der Waals surface area (Å²) in [5.74, 6) is 0.760. The summed E-state index contributed by atoms with van der Waals surface area (Å²) in [7, 11) is 1.73. The molecule has 0 spiro atoms. The summed E-state index contributed by atoms with van der Waals surface area (Å²) < 4.78 is 28.9. The highest BCUT2D eigenvalue weighted by molar-refractivity contribution is 8.13. The van der Waals surface area contributed by atoms with Gasteiger partial charge in [-0.3, -0.25) is 0 Å². The molecule has 0 heterocycles. The van der Waals surface area contributed by atoms with Gasteiger partial charge >= 0.3 is 0 Å². The number of aryl methyl sites for hydroxylation is 1. The van der Waals surface area contributed by atoms with E-state index in [0.717, 1.165) is 23.3 Å². The second kappa shape index (κ2) is 5.94. The molecule has 20 heavy (non-hydrogen) atoms. The summed E-state index contributed by atoms with van der Waals surface area (Å²) in [6, 6.07) is 1.58. The Labute approximate surface area is 126 Å². The first kappa shape index (κ1) is 17.3. The number of ether oxygens (including phenoxy) is 1. The van der Waals surface area contributed by atoms with E-state index >= 15 is 0 Å². The van der Waals surface area contributed by atoms with Crippen molar-refractivity contribution in [2.45, 2.75) is 52.9 Å². The summed E-state index contributed by atoms with van der Waals surface area (Å²) in [6.07, 6.45) is 0.931. The van der Waals surface area contributed by atoms with Crippen LogP contribution in [0, 0.1) is 26.2 Å². The lowest BCUT2D eigenvalue weighted by Gasteiger charge is -2.20. The van der Waals surface area contributed by atoms with Gasteiger partial charge in [0.1, 0.15) is 5.75 Å². The van der Waals surface area contributed by atoms with Gasteiger partial charge in [-0.2, -0.15) is 0 Å². The molecule has 0 unspecified atom stereocenters. The van der Waals surface area contributed by atoms with Crippen LogP contribution in [-0.2, 0) is 9.05 Å². The minimum absolute atomic E-state index is 0.164.